The molecule has 0 saturated carbocycles. The van der Waals surface area contributed by atoms with Gasteiger partial charge in [-0.25, -0.2) is 0 Å². The van der Waals surface area contributed by atoms with Crippen molar-refractivity contribution in [3.05, 3.63) is 35.9 Å². The first-order valence-corrected chi connectivity index (χ1v) is 13.2. The van der Waals surface area contributed by atoms with Gasteiger partial charge in [-0.05, 0) is 56.9 Å². The van der Waals surface area contributed by atoms with E-state index in [4.69, 9.17) is 0 Å². The van der Waals surface area contributed by atoms with Crippen molar-refractivity contribution < 1.29 is 14.4 Å². The van der Waals surface area contributed by atoms with Crippen LogP contribution in [0, 0.1) is 0 Å². The van der Waals surface area contributed by atoms with Crippen LogP contribution in [0.4, 0.5) is 0 Å². The second-order valence-corrected chi connectivity index (χ2v) is 9.72. The molecule has 34 heavy (non-hydrogen) atoms. The largest absolute Gasteiger partial charge is 0.356 e. The summed E-state index contributed by atoms with van der Waals surface area (Å²) in [5.74, 6) is 0.162. The van der Waals surface area contributed by atoms with Gasteiger partial charge in [0.05, 0.1) is 0 Å². The Kier molecular flexibility index (Phi) is 9.93. The number of piperidine rings is 1. The van der Waals surface area contributed by atoms with Crippen LogP contribution in [0.5, 0.6) is 0 Å². The zero-order valence-electron chi connectivity index (χ0n) is 21.0. The molecule has 2 aliphatic heterocycles. The molecule has 7 nitrogen and oxygen atoms in total. The molecule has 188 valence electrons. The molecule has 1 spiro atoms. The summed E-state index contributed by atoms with van der Waals surface area (Å²) < 4.78 is 0. The van der Waals surface area contributed by atoms with E-state index in [9.17, 15) is 14.4 Å². The fourth-order valence-electron chi connectivity index (χ4n) is 5.21. The van der Waals surface area contributed by atoms with Crippen LogP contribution in [0.3, 0.4) is 0 Å². The smallest absolute Gasteiger partial charge is 0.246 e. The lowest BCUT2D eigenvalue weighted by Crippen LogP contribution is -2.72. The van der Waals surface area contributed by atoms with Crippen LogP contribution < -0.4 is 10.6 Å². The van der Waals surface area contributed by atoms with Crippen LogP contribution >= 0.6 is 0 Å². The van der Waals surface area contributed by atoms with Crippen molar-refractivity contribution in [1.29, 1.82) is 0 Å². The first kappa shape index (κ1) is 26.2. The number of nitrogens with zero attached hydrogens (tertiary/aromatic N) is 2. The molecule has 0 aliphatic carbocycles. The number of benzene rings is 1. The van der Waals surface area contributed by atoms with Crippen molar-refractivity contribution in [1.82, 2.24) is 20.4 Å². The molecule has 3 amide bonds. The van der Waals surface area contributed by atoms with E-state index in [2.05, 4.69) is 46.7 Å². The lowest BCUT2D eigenvalue weighted by molar-refractivity contribution is -0.161. The second-order valence-electron chi connectivity index (χ2n) is 9.72. The zero-order valence-corrected chi connectivity index (χ0v) is 21.0. The Bertz CT molecular complexity index is 805. The highest BCUT2D eigenvalue weighted by atomic mass is 16.2. The number of rotatable bonds is 12. The lowest BCUT2D eigenvalue weighted by atomic mass is 9.81. The predicted octanol–water partition coefficient (Wildman–Crippen LogP) is 2.89. The van der Waals surface area contributed by atoms with Crippen LogP contribution in [0.2, 0.25) is 0 Å². The lowest BCUT2D eigenvalue weighted by Gasteiger charge is -2.51. The summed E-state index contributed by atoms with van der Waals surface area (Å²) in [6, 6.07) is 10.0. The number of likely N-dealkylation sites (tertiary alicyclic amines) is 1. The molecule has 2 fully saturated rings. The Morgan fingerprint density at radius 3 is 2.47 bits per heavy atom. The van der Waals surface area contributed by atoms with E-state index < -0.39 is 11.6 Å². The van der Waals surface area contributed by atoms with Crippen molar-refractivity contribution >= 4 is 17.7 Å². The Balaban J connectivity index is 1.51. The van der Waals surface area contributed by atoms with Gasteiger partial charge in [-0.15, -0.1) is 0 Å². The fraction of sp³-hybridized carbons (Fsp3) is 0.667. The Labute approximate surface area is 204 Å². The first-order valence-electron chi connectivity index (χ1n) is 13.2. The summed E-state index contributed by atoms with van der Waals surface area (Å²) in [4.78, 5) is 42.7. The van der Waals surface area contributed by atoms with E-state index in [0.29, 0.717) is 38.8 Å². The van der Waals surface area contributed by atoms with Crippen molar-refractivity contribution in [3.63, 3.8) is 0 Å². The number of hydrogen-bond donors (Lipinski definition) is 2. The molecule has 1 aromatic rings. The van der Waals surface area contributed by atoms with Gasteiger partial charge in [-0.3, -0.25) is 14.4 Å². The number of carbonyl (C=O) groups is 3. The third-order valence-electron chi connectivity index (χ3n) is 7.22. The number of hydrogen-bond acceptors (Lipinski definition) is 4. The Morgan fingerprint density at radius 2 is 1.79 bits per heavy atom. The molecule has 2 saturated heterocycles. The fourth-order valence-corrected chi connectivity index (χ4v) is 5.21. The molecule has 1 aromatic carbocycles. The zero-order chi connectivity index (χ0) is 24.4. The summed E-state index contributed by atoms with van der Waals surface area (Å²) in [5.41, 5.74) is 0.620. The Hall–Kier alpha value is -2.41. The molecule has 2 aliphatic rings. The van der Waals surface area contributed by atoms with Gasteiger partial charge in [-0.1, -0.05) is 44.2 Å². The van der Waals surface area contributed by atoms with E-state index in [1.165, 1.54) is 5.56 Å². The summed E-state index contributed by atoms with van der Waals surface area (Å²) in [6.07, 6.45) is 6.84. The molecule has 0 aromatic heterocycles. The molecule has 2 N–H and O–H groups in total. The van der Waals surface area contributed by atoms with Crippen LogP contribution in [0.1, 0.15) is 70.8 Å². The predicted molar refractivity (Wildman–Crippen MR) is 134 cm³/mol. The summed E-state index contributed by atoms with van der Waals surface area (Å²) in [6.45, 7) is 7.93. The van der Waals surface area contributed by atoms with Crippen molar-refractivity contribution in [2.24, 2.45) is 0 Å². The molecule has 0 unspecified atom stereocenters. The molecule has 7 heteroatoms. The SMILES string of the molecule is CCCC(=O)NCCCC[C@@H]1NC(=O)C2(CCN(CCc3ccccc3)CC2)N(CCC)C1=O. The summed E-state index contributed by atoms with van der Waals surface area (Å²) in [5, 5.41) is 5.99. The Morgan fingerprint density at radius 1 is 1.06 bits per heavy atom. The molecule has 2 heterocycles. The number of carbonyl (C=O) groups excluding carboxylic acids is 3. The van der Waals surface area contributed by atoms with E-state index >= 15 is 0 Å². The highest BCUT2D eigenvalue weighted by molar-refractivity contribution is 6.00. The summed E-state index contributed by atoms with van der Waals surface area (Å²) in [7, 11) is 0. The molecular formula is C27H42N4O3. The van der Waals surface area contributed by atoms with Gasteiger partial charge in [0.2, 0.25) is 17.7 Å². The van der Waals surface area contributed by atoms with E-state index in [1.54, 1.807) is 0 Å². The minimum absolute atomic E-state index is 0.0181. The third kappa shape index (κ3) is 6.59. The van der Waals surface area contributed by atoms with Gasteiger partial charge >= 0.3 is 0 Å². The maximum absolute atomic E-state index is 13.4. The number of unbranched alkanes of at least 4 members (excludes halogenated alkanes) is 1. The van der Waals surface area contributed by atoms with Gasteiger partial charge in [0.15, 0.2) is 0 Å². The minimum Gasteiger partial charge on any atom is -0.356 e. The molecule has 0 radical (unpaired) electrons. The van der Waals surface area contributed by atoms with Gasteiger partial charge in [0.25, 0.3) is 0 Å². The van der Waals surface area contributed by atoms with Crippen LogP contribution in [-0.4, -0.2) is 71.8 Å². The van der Waals surface area contributed by atoms with Gasteiger partial charge in [0, 0.05) is 39.1 Å². The molecule has 1 atom stereocenters. The van der Waals surface area contributed by atoms with E-state index in [1.807, 2.05) is 17.9 Å². The van der Waals surface area contributed by atoms with Crippen LogP contribution in [-0.2, 0) is 20.8 Å². The highest BCUT2D eigenvalue weighted by Crippen LogP contribution is 2.34. The molecule has 0 bridgehead atoms. The summed E-state index contributed by atoms with van der Waals surface area (Å²) >= 11 is 0. The van der Waals surface area contributed by atoms with Crippen LogP contribution in [0.15, 0.2) is 30.3 Å². The minimum atomic E-state index is -0.707. The second kappa shape index (κ2) is 12.9. The van der Waals surface area contributed by atoms with E-state index in [-0.39, 0.29) is 17.7 Å². The maximum Gasteiger partial charge on any atom is 0.246 e. The van der Waals surface area contributed by atoms with Gasteiger partial charge < -0.3 is 20.4 Å². The number of piperazine rings is 1. The first-order chi connectivity index (χ1) is 16.5. The number of amides is 3. The quantitative estimate of drug-likeness (QED) is 0.460. The van der Waals surface area contributed by atoms with Gasteiger partial charge in [-0.2, -0.15) is 0 Å². The monoisotopic (exact) mass is 470 g/mol. The van der Waals surface area contributed by atoms with E-state index in [0.717, 1.165) is 51.7 Å². The van der Waals surface area contributed by atoms with Crippen LogP contribution in [0.25, 0.3) is 0 Å². The average Bonchev–Trinajstić information content (AvgIpc) is 2.85. The average molecular weight is 471 g/mol. The van der Waals surface area contributed by atoms with Crippen molar-refractivity contribution in [3.8, 4) is 0 Å². The third-order valence-corrected chi connectivity index (χ3v) is 7.22. The topological polar surface area (TPSA) is 81.8 Å². The molecule has 3 rings (SSSR count). The maximum atomic E-state index is 13.4. The van der Waals surface area contributed by atoms with Crippen molar-refractivity contribution in [2.45, 2.75) is 83.2 Å². The number of nitrogens with one attached hydrogen (secondary N) is 2. The van der Waals surface area contributed by atoms with Crippen molar-refractivity contribution in [2.75, 3.05) is 32.7 Å². The normalized spacial score (nSPS) is 20.4. The highest BCUT2D eigenvalue weighted by Gasteiger charge is 2.52. The molecular weight excluding hydrogens is 428 g/mol. The standard InChI is InChI=1S/C27H42N4O3/c1-3-10-24(32)28-17-9-8-13-23-25(33)31(18-4-2)27(26(34)29-23)15-20-30(21-16-27)19-14-22-11-6-5-7-12-22/h5-7,11-12,23H,3-4,8-10,13-21H2,1-2H3,(H,28,32)(H,29,34)/t23-/m0/s1. The van der Waals surface area contributed by atoms with Gasteiger partial charge in [0.1, 0.15) is 11.6 Å².